The topological polar surface area (TPSA) is 93.5 Å². The van der Waals surface area contributed by atoms with Crippen LogP contribution in [0, 0.1) is 5.92 Å². The number of carbonyl (C=O) groups is 2. The fourth-order valence-electron chi connectivity index (χ4n) is 1.69. The summed E-state index contributed by atoms with van der Waals surface area (Å²) in [4.78, 5) is 23.0. The van der Waals surface area contributed by atoms with E-state index in [1.165, 1.54) is 13.1 Å². The van der Waals surface area contributed by atoms with Gasteiger partial charge in [0.15, 0.2) is 11.5 Å². The summed E-state index contributed by atoms with van der Waals surface area (Å²) in [6, 6.07) is 8.52. The lowest BCUT2D eigenvalue weighted by Gasteiger charge is -2.08. The summed E-state index contributed by atoms with van der Waals surface area (Å²) in [6.45, 7) is 3.82. The summed E-state index contributed by atoms with van der Waals surface area (Å²) in [7, 11) is 1.52. The Morgan fingerprint density at radius 3 is 2.57 bits per heavy atom. The second kappa shape index (κ2) is 7.44. The highest BCUT2D eigenvalue weighted by Gasteiger charge is 2.11. The van der Waals surface area contributed by atoms with E-state index in [1.807, 2.05) is 13.8 Å². The number of ether oxygens (including phenoxy) is 1. The van der Waals surface area contributed by atoms with Crippen LogP contribution in [-0.4, -0.2) is 24.0 Å². The van der Waals surface area contributed by atoms with Gasteiger partial charge in [-0.1, -0.05) is 19.0 Å². The first-order chi connectivity index (χ1) is 11.0. The summed E-state index contributed by atoms with van der Waals surface area (Å²) in [6.07, 6.45) is 0. The molecule has 1 heterocycles. The number of benzene rings is 1. The minimum Gasteiger partial charge on any atom is -0.486 e. The number of nitrogens with zero attached hydrogens (tertiary/aromatic N) is 1. The van der Waals surface area contributed by atoms with Crippen LogP contribution < -0.4 is 15.4 Å². The van der Waals surface area contributed by atoms with E-state index in [9.17, 15) is 9.59 Å². The highest BCUT2D eigenvalue weighted by Crippen LogP contribution is 2.18. The summed E-state index contributed by atoms with van der Waals surface area (Å²) in [5.41, 5.74) is 0.912. The van der Waals surface area contributed by atoms with E-state index < -0.39 is 0 Å². The molecule has 2 aromatic rings. The Hall–Kier alpha value is -2.83. The molecule has 0 fully saturated rings. The quantitative estimate of drug-likeness (QED) is 0.852. The van der Waals surface area contributed by atoms with Gasteiger partial charge in [-0.05, 0) is 24.3 Å². The second-order valence-electron chi connectivity index (χ2n) is 5.21. The van der Waals surface area contributed by atoms with Crippen LogP contribution >= 0.6 is 0 Å². The van der Waals surface area contributed by atoms with Crippen molar-refractivity contribution in [2.75, 3.05) is 12.4 Å². The van der Waals surface area contributed by atoms with Gasteiger partial charge < -0.3 is 19.9 Å². The van der Waals surface area contributed by atoms with Crippen LogP contribution in [0.1, 0.15) is 30.1 Å². The number of amides is 2. The molecule has 0 aliphatic carbocycles. The zero-order valence-electron chi connectivity index (χ0n) is 13.3. The lowest BCUT2D eigenvalue weighted by atomic mass is 10.2. The van der Waals surface area contributed by atoms with E-state index in [-0.39, 0.29) is 30.0 Å². The lowest BCUT2D eigenvalue weighted by Crippen LogP contribution is -2.17. The Morgan fingerprint density at radius 1 is 1.26 bits per heavy atom. The van der Waals surface area contributed by atoms with Gasteiger partial charge in [-0.3, -0.25) is 9.59 Å². The van der Waals surface area contributed by atoms with E-state index in [0.717, 1.165) is 0 Å². The maximum Gasteiger partial charge on any atom is 0.273 e. The maximum absolute atomic E-state index is 11.6. The molecule has 23 heavy (non-hydrogen) atoms. The fourth-order valence-corrected chi connectivity index (χ4v) is 1.69. The van der Waals surface area contributed by atoms with Crippen molar-refractivity contribution < 1.29 is 18.8 Å². The van der Waals surface area contributed by atoms with Crippen LogP contribution in [0.25, 0.3) is 0 Å². The van der Waals surface area contributed by atoms with Gasteiger partial charge >= 0.3 is 0 Å². The first-order valence-corrected chi connectivity index (χ1v) is 7.21. The van der Waals surface area contributed by atoms with E-state index in [2.05, 4.69) is 15.8 Å². The third-order valence-corrected chi connectivity index (χ3v) is 3.05. The van der Waals surface area contributed by atoms with Crippen LogP contribution in [0.4, 0.5) is 5.69 Å². The zero-order chi connectivity index (χ0) is 16.8. The molecule has 0 atom stereocenters. The Balaban J connectivity index is 1.90. The van der Waals surface area contributed by atoms with Crippen LogP contribution in [0.3, 0.4) is 0 Å². The molecule has 1 aromatic carbocycles. The molecule has 2 amide bonds. The average Bonchev–Trinajstić information content (AvgIpc) is 3.02. The van der Waals surface area contributed by atoms with E-state index >= 15 is 0 Å². The van der Waals surface area contributed by atoms with Gasteiger partial charge in [-0.25, -0.2) is 0 Å². The molecule has 2 rings (SSSR count). The molecule has 0 aliphatic heterocycles. The predicted octanol–water partition coefficient (Wildman–Crippen LogP) is 2.21. The molecular formula is C16H19N3O4. The molecular weight excluding hydrogens is 298 g/mol. The van der Waals surface area contributed by atoms with Gasteiger partial charge in [0, 0.05) is 24.7 Å². The normalized spacial score (nSPS) is 10.4. The maximum atomic E-state index is 11.6. The molecule has 122 valence electrons. The van der Waals surface area contributed by atoms with Crippen molar-refractivity contribution in [2.24, 2.45) is 5.92 Å². The van der Waals surface area contributed by atoms with Crippen molar-refractivity contribution in [2.45, 2.75) is 20.5 Å². The highest BCUT2D eigenvalue weighted by atomic mass is 16.5. The smallest absolute Gasteiger partial charge is 0.273 e. The van der Waals surface area contributed by atoms with Gasteiger partial charge in [-0.2, -0.15) is 0 Å². The fraction of sp³-hybridized carbons (Fsp3) is 0.312. The van der Waals surface area contributed by atoms with Crippen LogP contribution in [0.15, 0.2) is 34.9 Å². The van der Waals surface area contributed by atoms with Crippen molar-refractivity contribution in [1.82, 2.24) is 10.5 Å². The van der Waals surface area contributed by atoms with Gasteiger partial charge in [0.1, 0.15) is 12.4 Å². The number of hydrogen-bond donors (Lipinski definition) is 2. The Kier molecular flexibility index (Phi) is 5.35. The number of rotatable bonds is 6. The first-order valence-electron chi connectivity index (χ1n) is 7.21. The Labute approximate surface area is 134 Å². The molecule has 7 heteroatoms. The van der Waals surface area contributed by atoms with Gasteiger partial charge in [0.25, 0.3) is 5.91 Å². The highest BCUT2D eigenvalue weighted by molar-refractivity contribution is 5.92. The lowest BCUT2D eigenvalue weighted by molar-refractivity contribution is -0.118. The van der Waals surface area contributed by atoms with Gasteiger partial charge in [0.2, 0.25) is 5.91 Å². The summed E-state index contributed by atoms with van der Waals surface area (Å²) in [5, 5.41) is 8.91. The first kappa shape index (κ1) is 16.5. The van der Waals surface area contributed by atoms with Crippen molar-refractivity contribution in [1.29, 1.82) is 0 Å². The molecule has 0 aliphatic rings. The molecule has 7 nitrogen and oxygen atoms in total. The minimum atomic E-state index is -0.315. The monoisotopic (exact) mass is 317 g/mol. The third-order valence-electron chi connectivity index (χ3n) is 3.05. The van der Waals surface area contributed by atoms with E-state index in [4.69, 9.17) is 9.26 Å². The van der Waals surface area contributed by atoms with Crippen molar-refractivity contribution in [3.05, 3.63) is 41.8 Å². The number of carbonyl (C=O) groups excluding carboxylic acids is 2. The average molecular weight is 317 g/mol. The van der Waals surface area contributed by atoms with Crippen LogP contribution in [0.5, 0.6) is 5.75 Å². The minimum absolute atomic E-state index is 0.0398. The van der Waals surface area contributed by atoms with Crippen molar-refractivity contribution >= 4 is 17.5 Å². The zero-order valence-corrected chi connectivity index (χ0v) is 13.3. The molecule has 0 saturated heterocycles. The Morgan fingerprint density at radius 2 is 1.96 bits per heavy atom. The number of hydrogen-bond acceptors (Lipinski definition) is 5. The van der Waals surface area contributed by atoms with E-state index in [1.54, 1.807) is 24.3 Å². The number of anilines is 1. The standard InChI is InChI=1S/C16H19N3O4/c1-10(2)15(20)18-11-4-6-12(7-5-11)22-9-13-8-14(19-23-13)16(21)17-3/h4-8,10H,9H2,1-3H3,(H,17,21)(H,18,20). The molecule has 0 unspecified atom stereocenters. The Bertz CT molecular complexity index is 677. The molecule has 1 aromatic heterocycles. The number of aromatic nitrogens is 1. The third kappa shape index (κ3) is 4.57. The van der Waals surface area contributed by atoms with Gasteiger partial charge in [0.05, 0.1) is 0 Å². The summed E-state index contributed by atoms with van der Waals surface area (Å²) >= 11 is 0. The molecule has 0 bridgehead atoms. The summed E-state index contributed by atoms with van der Waals surface area (Å²) < 4.78 is 10.6. The molecule has 2 N–H and O–H groups in total. The second-order valence-corrected chi connectivity index (χ2v) is 5.21. The molecule has 0 radical (unpaired) electrons. The molecule has 0 spiro atoms. The van der Waals surface area contributed by atoms with Crippen molar-refractivity contribution in [3.8, 4) is 5.75 Å². The number of nitrogens with one attached hydrogen (secondary N) is 2. The van der Waals surface area contributed by atoms with Gasteiger partial charge in [-0.15, -0.1) is 0 Å². The summed E-state index contributed by atoms with van der Waals surface area (Å²) in [5.74, 6) is 0.630. The molecule has 0 saturated carbocycles. The van der Waals surface area contributed by atoms with Crippen molar-refractivity contribution in [3.63, 3.8) is 0 Å². The SMILES string of the molecule is CNC(=O)c1cc(COc2ccc(NC(=O)C(C)C)cc2)on1. The van der Waals surface area contributed by atoms with Crippen LogP contribution in [-0.2, 0) is 11.4 Å². The predicted molar refractivity (Wildman–Crippen MR) is 84.1 cm³/mol. The van der Waals surface area contributed by atoms with Crippen LogP contribution in [0.2, 0.25) is 0 Å². The largest absolute Gasteiger partial charge is 0.486 e. The van der Waals surface area contributed by atoms with E-state index in [0.29, 0.717) is 17.2 Å².